The van der Waals surface area contributed by atoms with E-state index in [1.54, 1.807) is 18.7 Å². The van der Waals surface area contributed by atoms with E-state index in [0.29, 0.717) is 26.4 Å². The standard InChI is InChI=1S/C18H21N3O3/c22-18(15-2-1-7-19-10-15)11-20-8-9-24-16-5-3-14(4-6-16)17-12-23-13-21-17/h1-7,10,12,18,20-22H,8-9,11,13H2/t18-/m0/s1. The molecule has 0 radical (unpaired) electrons. The van der Waals surface area contributed by atoms with Gasteiger partial charge in [-0.1, -0.05) is 6.07 Å². The largest absolute Gasteiger partial charge is 0.492 e. The van der Waals surface area contributed by atoms with Gasteiger partial charge in [-0.25, -0.2) is 0 Å². The number of aromatic nitrogens is 1. The Bertz CT molecular complexity index is 659. The van der Waals surface area contributed by atoms with Crippen LogP contribution in [0.3, 0.4) is 0 Å². The van der Waals surface area contributed by atoms with Crippen molar-refractivity contribution in [3.8, 4) is 5.75 Å². The van der Waals surface area contributed by atoms with Crippen molar-refractivity contribution in [2.75, 3.05) is 26.4 Å². The molecular formula is C18H21N3O3. The molecule has 6 heteroatoms. The highest BCUT2D eigenvalue weighted by Gasteiger charge is 2.07. The third-order valence-corrected chi connectivity index (χ3v) is 3.67. The van der Waals surface area contributed by atoms with Crippen LogP contribution in [0.5, 0.6) is 5.75 Å². The van der Waals surface area contributed by atoms with Crippen molar-refractivity contribution in [3.63, 3.8) is 0 Å². The molecule has 1 aliphatic heterocycles. The fourth-order valence-electron chi connectivity index (χ4n) is 2.36. The van der Waals surface area contributed by atoms with E-state index in [-0.39, 0.29) is 0 Å². The monoisotopic (exact) mass is 327 g/mol. The maximum Gasteiger partial charge on any atom is 0.158 e. The molecule has 2 aromatic rings. The van der Waals surface area contributed by atoms with Gasteiger partial charge in [-0.3, -0.25) is 4.98 Å². The number of hydrogen-bond acceptors (Lipinski definition) is 6. The number of pyridine rings is 1. The van der Waals surface area contributed by atoms with Crippen molar-refractivity contribution < 1.29 is 14.6 Å². The van der Waals surface area contributed by atoms with E-state index < -0.39 is 6.10 Å². The van der Waals surface area contributed by atoms with E-state index >= 15 is 0 Å². The number of ether oxygens (including phenoxy) is 2. The Hall–Kier alpha value is -2.57. The maximum atomic E-state index is 10.0. The number of hydrogen-bond donors (Lipinski definition) is 3. The first kappa shape index (κ1) is 16.3. The van der Waals surface area contributed by atoms with E-state index in [1.807, 2.05) is 36.4 Å². The lowest BCUT2D eigenvalue weighted by molar-refractivity contribution is 0.171. The molecule has 1 aromatic heterocycles. The highest BCUT2D eigenvalue weighted by molar-refractivity contribution is 5.64. The van der Waals surface area contributed by atoms with Crippen molar-refractivity contribution in [1.29, 1.82) is 0 Å². The van der Waals surface area contributed by atoms with Crippen molar-refractivity contribution in [2.24, 2.45) is 0 Å². The molecule has 1 aliphatic rings. The molecule has 0 saturated heterocycles. The molecule has 0 spiro atoms. The molecule has 0 aliphatic carbocycles. The van der Waals surface area contributed by atoms with Crippen molar-refractivity contribution in [1.82, 2.24) is 15.6 Å². The summed E-state index contributed by atoms with van der Waals surface area (Å²) >= 11 is 0. The van der Waals surface area contributed by atoms with Gasteiger partial charge < -0.3 is 25.2 Å². The fraction of sp³-hybridized carbons (Fsp3) is 0.278. The zero-order valence-electron chi connectivity index (χ0n) is 13.3. The molecule has 1 atom stereocenters. The van der Waals surface area contributed by atoms with Crippen LogP contribution in [0.4, 0.5) is 0 Å². The molecule has 126 valence electrons. The zero-order chi connectivity index (χ0) is 16.6. The van der Waals surface area contributed by atoms with E-state index in [2.05, 4.69) is 15.6 Å². The van der Waals surface area contributed by atoms with Crippen molar-refractivity contribution in [2.45, 2.75) is 6.10 Å². The van der Waals surface area contributed by atoms with E-state index in [0.717, 1.165) is 22.6 Å². The average molecular weight is 327 g/mol. The average Bonchev–Trinajstić information content (AvgIpc) is 3.17. The number of aliphatic hydroxyl groups excluding tert-OH is 1. The van der Waals surface area contributed by atoms with Crippen LogP contribution in [0.25, 0.3) is 5.70 Å². The summed E-state index contributed by atoms with van der Waals surface area (Å²) in [5, 5.41) is 16.3. The van der Waals surface area contributed by atoms with Gasteiger partial charge in [0.05, 0.1) is 11.8 Å². The summed E-state index contributed by atoms with van der Waals surface area (Å²) in [6.45, 7) is 2.17. The van der Waals surface area contributed by atoms with Gasteiger partial charge in [0.1, 0.15) is 18.6 Å². The van der Waals surface area contributed by atoms with Crippen LogP contribution in [0.1, 0.15) is 17.2 Å². The number of benzene rings is 1. The first-order valence-electron chi connectivity index (χ1n) is 7.90. The second kappa shape index (κ2) is 8.33. The molecule has 6 nitrogen and oxygen atoms in total. The highest BCUT2D eigenvalue weighted by atomic mass is 16.5. The number of rotatable bonds is 8. The van der Waals surface area contributed by atoms with Crippen molar-refractivity contribution >= 4 is 5.70 Å². The number of nitrogens with zero attached hydrogens (tertiary/aromatic N) is 1. The Kier molecular flexibility index (Phi) is 5.65. The summed E-state index contributed by atoms with van der Waals surface area (Å²) < 4.78 is 10.8. The summed E-state index contributed by atoms with van der Waals surface area (Å²) in [4.78, 5) is 4.00. The molecule has 2 heterocycles. The minimum Gasteiger partial charge on any atom is -0.492 e. The van der Waals surface area contributed by atoms with Gasteiger partial charge in [-0.05, 0) is 30.3 Å². The summed E-state index contributed by atoms with van der Waals surface area (Å²) in [6, 6.07) is 11.5. The Balaban J connectivity index is 1.36. The topological polar surface area (TPSA) is 75.6 Å². The second-order valence-corrected chi connectivity index (χ2v) is 5.40. The zero-order valence-corrected chi connectivity index (χ0v) is 13.3. The van der Waals surface area contributed by atoms with Gasteiger partial charge in [0, 0.05) is 36.6 Å². The summed E-state index contributed by atoms with van der Waals surface area (Å²) in [6.07, 6.45) is 4.51. The highest BCUT2D eigenvalue weighted by Crippen LogP contribution is 2.19. The predicted molar refractivity (Wildman–Crippen MR) is 91.1 cm³/mol. The Labute approximate surface area is 141 Å². The molecule has 0 bridgehead atoms. The van der Waals surface area contributed by atoms with E-state index in [1.165, 1.54) is 0 Å². The molecule has 0 saturated carbocycles. The summed E-state index contributed by atoms with van der Waals surface area (Å²) in [5.74, 6) is 0.813. The number of nitrogens with one attached hydrogen (secondary N) is 2. The molecule has 0 fully saturated rings. The van der Waals surface area contributed by atoms with E-state index in [4.69, 9.17) is 9.47 Å². The lowest BCUT2D eigenvalue weighted by Crippen LogP contribution is -2.26. The molecule has 0 amide bonds. The van der Waals surface area contributed by atoms with Crippen LogP contribution >= 0.6 is 0 Å². The molecule has 3 N–H and O–H groups in total. The maximum absolute atomic E-state index is 10.0. The predicted octanol–water partition coefficient (Wildman–Crippen LogP) is 1.66. The summed E-state index contributed by atoms with van der Waals surface area (Å²) in [5.41, 5.74) is 2.85. The van der Waals surface area contributed by atoms with Crippen LogP contribution in [0, 0.1) is 0 Å². The fourth-order valence-corrected chi connectivity index (χ4v) is 2.36. The minimum atomic E-state index is -0.563. The SMILES string of the molecule is O[C@@H](CNCCOc1ccc(C2=COCN2)cc1)c1cccnc1. The van der Waals surface area contributed by atoms with Crippen molar-refractivity contribution in [3.05, 3.63) is 66.2 Å². The lowest BCUT2D eigenvalue weighted by Gasteiger charge is -2.12. The minimum absolute atomic E-state index is 0.466. The Morgan fingerprint density at radius 3 is 2.88 bits per heavy atom. The summed E-state index contributed by atoms with van der Waals surface area (Å²) in [7, 11) is 0. The van der Waals surface area contributed by atoms with E-state index in [9.17, 15) is 5.11 Å². The Morgan fingerprint density at radius 1 is 1.29 bits per heavy atom. The first-order valence-corrected chi connectivity index (χ1v) is 7.90. The van der Waals surface area contributed by atoms with Gasteiger partial charge in [0.2, 0.25) is 0 Å². The molecule has 1 aromatic carbocycles. The number of aliphatic hydroxyl groups is 1. The smallest absolute Gasteiger partial charge is 0.158 e. The third kappa shape index (κ3) is 4.47. The van der Waals surface area contributed by atoms with Crippen LogP contribution in [0.2, 0.25) is 0 Å². The van der Waals surface area contributed by atoms with Crippen LogP contribution in [-0.4, -0.2) is 36.5 Å². The quantitative estimate of drug-likeness (QED) is 0.640. The van der Waals surface area contributed by atoms with Crippen LogP contribution in [0.15, 0.2) is 55.1 Å². The molecular weight excluding hydrogens is 306 g/mol. The first-order chi connectivity index (χ1) is 11.8. The van der Waals surface area contributed by atoms with Gasteiger partial charge in [-0.2, -0.15) is 0 Å². The Morgan fingerprint density at radius 2 is 2.17 bits per heavy atom. The van der Waals surface area contributed by atoms with Gasteiger partial charge in [0.15, 0.2) is 6.73 Å². The lowest BCUT2D eigenvalue weighted by atomic mass is 10.1. The van der Waals surface area contributed by atoms with Gasteiger partial charge >= 0.3 is 0 Å². The van der Waals surface area contributed by atoms with Crippen LogP contribution < -0.4 is 15.4 Å². The molecule has 0 unspecified atom stereocenters. The van der Waals surface area contributed by atoms with Gasteiger partial charge in [0.25, 0.3) is 0 Å². The van der Waals surface area contributed by atoms with Gasteiger partial charge in [-0.15, -0.1) is 0 Å². The second-order valence-electron chi connectivity index (χ2n) is 5.40. The molecule has 24 heavy (non-hydrogen) atoms. The third-order valence-electron chi connectivity index (χ3n) is 3.67. The van der Waals surface area contributed by atoms with Crippen LogP contribution in [-0.2, 0) is 4.74 Å². The normalized spacial score (nSPS) is 14.5. The molecule has 3 rings (SSSR count).